The van der Waals surface area contributed by atoms with E-state index in [2.05, 4.69) is 19.6 Å². The highest BCUT2D eigenvalue weighted by atomic mass is 28.4. The second-order valence-corrected chi connectivity index (χ2v) is 13.6. The molecule has 0 aromatic heterocycles. The van der Waals surface area contributed by atoms with Gasteiger partial charge in [0.15, 0.2) is 8.32 Å². The van der Waals surface area contributed by atoms with Gasteiger partial charge in [-0.25, -0.2) is 0 Å². The summed E-state index contributed by atoms with van der Waals surface area (Å²) >= 11 is 0. The number of hydrogen-bond acceptors (Lipinski definition) is 4. The Hall–Kier alpha value is -0.683. The zero-order valence-electron chi connectivity index (χ0n) is 16.0. The van der Waals surface area contributed by atoms with Crippen LogP contribution in [0.25, 0.3) is 0 Å². The van der Waals surface area contributed by atoms with Crippen LogP contribution in [0.15, 0.2) is 0 Å². The molecule has 0 unspecified atom stereocenters. The van der Waals surface area contributed by atoms with E-state index in [9.17, 15) is 9.59 Å². The molecule has 3 rings (SSSR count). The van der Waals surface area contributed by atoms with Crippen LogP contribution in [0, 0.1) is 22.7 Å². The van der Waals surface area contributed by atoms with Crippen molar-refractivity contribution in [1.29, 1.82) is 0 Å². The summed E-state index contributed by atoms with van der Waals surface area (Å²) in [6.07, 6.45) is 4.50. The van der Waals surface area contributed by atoms with Crippen molar-refractivity contribution in [3.8, 4) is 0 Å². The number of ether oxygens (including phenoxy) is 1. The van der Waals surface area contributed by atoms with E-state index in [-0.39, 0.29) is 23.6 Å². The zero-order chi connectivity index (χ0) is 18.0. The number of ketones is 1. The standard InChI is InChI=1S/C19H32O4Si/c1-7-22-16(21)18-10-8-9-11-19(18,23-24(4,5)6)14-12-13(2)15(20)17(14,18)3/h13-14H,7-12H2,1-6H3/t13-,14-,17-,18+,19-/m0/s1. The summed E-state index contributed by atoms with van der Waals surface area (Å²) < 4.78 is 12.3. The molecule has 3 aliphatic rings. The van der Waals surface area contributed by atoms with Crippen LogP contribution in [0.1, 0.15) is 52.9 Å². The molecule has 0 bridgehead atoms. The average Bonchev–Trinajstić information content (AvgIpc) is 2.69. The quantitative estimate of drug-likeness (QED) is 0.568. The lowest BCUT2D eigenvalue weighted by molar-refractivity contribution is -0.294. The number of esters is 1. The fraction of sp³-hybridized carbons (Fsp3) is 0.895. The smallest absolute Gasteiger partial charge is 0.316 e. The minimum absolute atomic E-state index is 0.0130. The molecule has 0 spiro atoms. The van der Waals surface area contributed by atoms with Gasteiger partial charge in [-0.3, -0.25) is 9.59 Å². The number of fused-ring (bicyclic) bond motifs is 4. The van der Waals surface area contributed by atoms with Gasteiger partial charge in [0.2, 0.25) is 0 Å². The molecule has 0 N–H and O–H groups in total. The van der Waals surface area contributed by atoms with Crippen LogP contribution < -0.4 is 0 Å². The van der Waals surface area contributed by atoms with E-state index in [1.54, 1.807) is 0 Å². The molecule has 0 aromatic carbocycles. The van der Waals surface area contributed by atoms with Crippen molar-refractivity contribution >= 4 is 20.1 Å². The maximum absolute atomic E-state index is 13.2. The molecular formula is C19H32O4Si. The number of carbonyl (C=O) groups is 2. The fourth-order valence-corrected chi connectivity index (χ4v) is 7.85. The minimum atomic E-state index is -1.88. The molecule has 24 heavy (non-hydrogen) atoms. The van der Waals surface area contributed by atoms with Crippen LogP contribution in [-0.4, -0.2) is 32.3 Å². The molecular weight excluding hydrogens is 320 g/mol. The molecule has 136 valence electrons. The molecule has 0 radical (unpaired) electrons. The summed E-state index contributed by atoms with van der Waals surface area (Å²) in [4.78, 5) is 26.3. The third-order valence-corrected chi connectivity index (χ3v) is 7.86. The van der Waals surface area contributed by atoms with E-state index in [1.165, 1.54) is 0 Å². The van der Waals surface area contributed by atoms with Crippen molar-refractivity contribution in [3.63, 3.8) is 0 Å². The topological polar surface area (TPSA) is 52.6 Å². The maximum atomic E-state index is 13.2. The Labute approximate surface area is 146 Å². The first-order valence-electron chi connectivity index (χ1n) is 9.48. The maximum Gasteiger partial charge on any atom is 0.316 e. The van der Waals surface area contributed by atoms with Gasteiger partial charge in [-0.05, 0) is 45.8 Å². The Morgan fingerprint density at radius 1 is 1.25 bits per heavy atom. The minimum Gasteiger partial charge on any atom is -0.465 e. The van der Waals surface area contributed by atoms with Gasteiger partial charge in [0.05, 0.1) is 17.6 Å². The Bertz CT molecular complexity index is 568. The van der Waals surface area contributed by atoms with Crippen molar-refractivity contribution in [1.82, 2.24) is 0 Å². The first kappa shape index (κ1) is 18.1. The Balaban J connectivity index is 2.16. The van der Waals surface area contributed by atoms with Crippen LogP contribution >= 0.6 is 0 Å². The van der Waals surface area contributed by atoms with E-state index in [1.807, 2.05) is 20.8 Å². The number of carbonyl (C=O) groups excluding carboxylic acids is 2. The lowest BCUT2D eigenvalue weighted by atomic mass is 9.33. The summed E-state index contributed by atoms with van der Waals surface area (Å²) in [5.41, 5.74) is -1.88. The molecule has 5 heteroatoms. The van der Waals surface area contributed by atoms with Crippen LogP contribution in [-0.2, 0) is 18.8 Å². The molecule has 0 aliphatic heterocycles. The molecule has 0 saturated heterocycles. The van der Waals surface area contributed by atoms with Crippen LogP contribution in [0.2, 0.25) is 19.6 Å². The molecule has 3 fully saturated rings. The summed E-state index contributed by atoms with van der Waals surface area (Å²) in [5.74, 6) is 0.226. The largest absolute Gasteiger partial charge is 0.465 e. The molecule has 4 nitrogen and oxygen atoms in total. The lowest BCUT2D eigenvalue weighted by Crippen LogP contribution is -2.81. The number of rotatable bonds is 4. The van der Waals surface area contributed by atoms with Crippen LogP contribution in [0.4, 0.5) is 0 Å². The van der Waals surface area contributed by atoms with Crippen LogP contribution in [0.3, 0.4) is 0 Å². The molecule has 3 saturated carbocycles. The van der Waals surface area contributed by atoms with Crippen LogP contribution in [0.5, 0.6) is 0 Å². The van der Waals surface area contributed by atoms with Gasteiger partial charge in [0.1, 0.15) is 11.2 Å². The normalized spacial score (nSPS) is 44.5. The van der Waals surface area contributed by atoms with E-state index >= 15 is 0 Å². The molecule has 0 heterocycles. The predicted molar refractivity (Wildman–Crippen MR) is 95.1 cm³/mol. The third kappa shape index (κ3) is 1.94. The van der Waals surface area contributed by atoms with Crippen molar-refractivity contribution in [2.24, 2.45) is 22.7 Å². The van der Waals surface area contributed by atoms with E-state index in [4.69, 9.17) is 9.16 Å². The first-order valence-corrected chi connectivity index (χ1v) is 12.9. The Morgan fingerprint density at radius 3 is 2.46 bits per heavy atom. The second-order valence-electron chi connectivity index (χ2n) is 9.19. The lowest BCUT2D eigenvalue weighted by Gasteiger charge is -2.73. The average molecular weight is 353 g/mol. The van der Waals surface area contributed by atoms with E-state index < -0.39 is 24.7 Å². The Kier molecular flexibility index (Phi) is 4.08. The van der Waals surface area contributed by atoms with Gasteiger partial charge >= 0.3 is 5.97 Å². The van der Waals surface area contributed by atoms with E-state index in [0.717, 1.165) is 32.1 Å². The summed E-state index contributed by atoms with van der Waals surface area (Å²) in [5, 5.41) is 0. The van der Waals surface area contributed by atoms with E-state index in [0.29, 0.717) is 6.61 Å². The summed E-state index contributed by atoms with van der Waals surface area (Å²) in [6, 6.07) is 0. The molecule has 5 atom stereocenters. The monoisotopic (exact) mass is 352 g/mol. The highest BCUT2D eigenvalue weighted by Gasteiger charge is 2.86. The van der Waals surface area contributed by atoms with Gasteiger partial charge < -0.3 is 9.16 Å². The van der Waals surface area contributed by atoms with Crippen molar-refractivity contribution in [2.45, 2.75) is 78.1 Å². The molecule has 3 aliphatic carbocycles. The van der Waals surface area contributed by atoms with Gasteiger partial charge in [-0.2, -0.15) is 0 Å². The highest BCUT2D eigenvalue weighted by Crippen LogP contribution is 2.78. The van der Waals surface area contributed by atoms with Crippen molar-refractivity contribution < 1.29 is 18.8 Å². The highest BCUT2D eigenvalue weighted by molar-refractivity contribution is 6.69. The SMILES string of the molecule is CCOC(=O)[C@@]12CCCC[C@]1(O[Si](C)(C)C)[C@H]1C[C@H](C)C(=O)[C@]12C. The van der Waals surface area contributed by atoms with Crippen molar-refractivity contribution in [3.05, 3.63) is 0 Å². The van der Waals surface area contributed by atoms with Gasteiger partial charge in [-0.15, -0.1) is 0 Å². The third-order valence-electron chi connectivity index (χ3n) is 6.88. The second kappa shape index (κ2) is 5.40. The molecule has 0 amide bonds. The summed E-state index contributed by atoms with van der Waals surface area (Å²) in [7, 11) is -1.88. The molecule has 0 aromatic rings. The Morgan fingerprint density at radius 2 is 1.88 bits per heavy atom. The first-order chi connectivity index (χ1) is 11.1. The zero-order valence-corrected chi connectivity index (χ0v) is 17.0. The van der Waals surface area contributed by atoms with Gasteiger partial charge in [-0.1, -0.05) is 26.7 Å². The number of hydrogen-bond donors (Lipinski definition) is 0. The summed E-state index contributed by atoms with van der Waals surface area (Å²) in [6.45, 7) is 12.8. The number of Topliss-reactive ketones (excluding diaryl/α,β-unsaturated/α-hetero) is 1. The van der Waals surface area contributed by atoms with Gasteiger partial charge in [0, 0.05) is 11.8 Å². The van der Waals surface area contributed by atoms with Crippen molar-refractivity contribution in [2.75, 3.05) is 6.61 Å². The fourth-order valence-electron chi connectivity index (χ4n) is 6.34. The predicted octanol–water partition coefficient (Wildman–Crippen LogP) is 3.95. The van der Waals surface area contributed by atoms with Gasteiger partial charge in [0.25, 0.3) is 0 Å².